The smallest absolute Gasteiger partial charge is 0.319 e. The van der Waals surface area contributed by atoms with E-state index in [0.29, 0.717) is 5.69 Å². The first-order valence-corrected chi connectivity index (χ1v) is 10.9. The zero-order valence-electron chi connectivity index (χ0n) is 17.4. The third-order valence-electron chi connectivity index (χ3n) is 4.79. The SMILES string of the molecule is CCOC(=O)[C@@H]1C(=O)NC(SCC(=O)Nc2ccc(F)cc2)=C(C#N)[C@@H]1c1ccccc1F. The van der Waals surface area contributed by atoms with Gasteiger partial charge in [0.1, 0.15) is 17.6 Å². The molecular formula is C23H19F2N3O4S. The lowest BCUT2D eigenvalue weighted by atomic mass is 9.78. The molecule has 1 heterocycles. The van der Waals surface area contributed by atoms with Gasteiger partial charge in [-0.1, -0.05) is 30.0 Å². The summed E-state index contributed by atoms with van der Waals surface area (Å²) in [6, 6.07) is 12.7. The van der Waals surface area contributed by atoms with E-state index in [1.165, 1.54) is 48.5 Å². The van der Waals surface area contributed by atoms with Gasteiger partial charge in [0, 0.05) is 11.6 Å². The summed E-state index contributed by atoms with van der Waals surface area (Å²) in [7, 11) is 0. The third kappa shape index (κ3) is 5.56. The Balaban J connectivity index is 1.90. The van der Waals surface area contributed by atoms with Gasteiger partial charge in [-0.25, -0.2) is 8.78 Å². The Hall–Kier alpha value is -3.71. The van der Waals surface area contributed by atoms with Crippen LogP contribution >= 0.6 is 11.8 Å². The summed E-state index contributed by atoms with van der Waals surface area (Å²) in [6.07, 6.45) is 0. The van der Waals surface area contributed by atoms with E-state index in [-0.39, 0.29) is 28.5 Å². The number of benzene rings is 2. The fraction of sp³-hybridized carbons (Fsp3) is 0.217. The molecule has 7 nitrogen and oxygen atoms in total. The third-order valence-corrected chi connectivity index (χ3v) is 5.80. The highest BCUT2D eigenvalue weighted by molar-refractivity contribution is 8.03. The van der Waals surface area contributed by atoms with Crippen LogP contribution in [0.25, 0.3) is 0 Å². The van der Waals surface area contributed by atoms with Gasteiger partial charge in [0.2, 0.25) is 11.8 Å². The van der Waals surface area contributed by atoms with Crippen LogP contribution in [0.3, 0.4) is 0 Å². The first-order valence-electron chi connectivity index (χ1n) is 9.90. The number of rotatable bonds is 7. The average molecular weight is 471 g/mol. The highest BCUT2D eigenvalue weighted by atomic mass is 32.2. The van der Waals surface area contributed by atoms with Crippen LogP contribution in [-0.2, 0) is 19.1 Å². The molecule has 0 aromatic heterocycles. The molecule has 0 saturated carbocycles. The predicted octanol–water partition coefficient (Wildman–Crippen LogP) is 3.46. The van der Waals surface area contributed by atoms with E-state index < -0.39 is 41.3 Å². The summed E-state index contributed by atoms with van der Waals surface area (Å²) in [5.74, 6) is -6.13. The molecule has 0 saturated heterocycles. The number of carbonyl (C=O) groups excluding carboxylic acids is 3. The zero-order chi connectivity index (χ0) is 24.0. The maximum atomic E-state index is 14.6. The molecule has 3 rings (SSSR count). The number of nitrogens with one attached hydrogen (secondary N) is 2. The number of nitrogens with zero attached hydrogens (tertiary/aromatic N) is 1. The van der Waals surface area contributed by atoms with Crippen molar-refractivity contribution in [1.82, 2.24) is 5.32 Å². The van der Waals surface area contributed by atoms with Gasteiger partial charge in [-0.05, 0) is 42.8 Å². The first-order chi connectivity index (χ1) is 15.8. The normalized spacial score (nSPS) is 17.7. The molecule has 0 unspecified atom stereocenters. The van der Waals surface area contributed by atoms with E-state index in [1.807, 2.05) is 6.07 Å². The van der Waals surface area contributed by atoms with Gasteiger partial charge < -0.3 is 15.4 Å². The summed E-state index contributed by atoms with van der Waals surface area (Å²) >= 11 is 0.860. The average Bonchev–Trinajstić information content (AvgIpc) is 2.79. The Kier molecular flexibility index (Phi) is 7.79. The Morgan fingerprint density at radius 1 is 1.18 bits per heavy atom. The van der Waals surface area contributed by atoms with Gasteiger partial charge in [0.05, 0.1) is 29.0 Å². The van der Waals surface area contributed by atoms with Crippen LogP contribution in [0.2, 0.25) is 0 Å². The van der Waals surface area contributed by atoms with Crippen molar-refractivity contribution in [1.29, 1.82) is 5.26 Å². The number of allylic oxidation sites excluding steroid dienone is 1. The number of hydrogen-bond acceptors (Lipinski definition) is 6. The molecule has 2 aromatic rings. The second kappa shape index (κ2) is 10.7. The van der Waals surface area contributed by atoms with E-state index in [2.05, 4.69) is 10.6 Å². The highest BCUT2D eigenvalue weighted by Gasteiger charge is 2.45. The quantitative estimate of drug-likeness (QED) is 0.473. The van der Waals surface area contributed by atoms with Crippen molar-refractivity contribution in [2.45, 2.75) is 12.8 Å². The minimum absolute atomic E-state index is 0.00334. The van der Waals surface area contributed by atoms with Crippen LogP contribution in [0.4, 0.5) is 14.5 Å². The zero-order valence-corrected chi connectivity index (χ0v) is 18.2. The molecule has 2 N–H and O–H groups in total. The number of ether oxygens (including phenoxy) is 1. The van der Waals surface area contributed by atoms with Crippen LogP contribution in [-0.4, -0.2) is 30.1 Å². The van der Waals surface area contributed by atoms with Crippen molar-refractivity contribution in [3.8, 4) is 6.07 Å². The van der Waals surface area contributed by atoms with Crippen LogP contribution in [0, 0.1) is 28.9 Å². The molecule has 0 fully saturated rings. The Labute approximate surface area is 192 Å². The van der Waals surface area contributed by atoms with Crippen molar-refractivity contribution >= 4 is 35.2 Å². The number of esters is 1. The van der Waals surface area contributed by atoms with Crippen LogP contribution in [0.15, 0.2) is 59.1 Å². The number of amides is 2. The molecule has 0 aliphatic carbocycles. The number of thioether (sulfide) groups is 1. The number of halogens is 2. The number of carbonyl (C=O) groups is 3. The van der Waals surface area contributed by atoms with E-state index in [0.717, 1.165) is 11.8 Å². The lowest BCUT2D eigenvalue weighted by molar-refractivity contribution is -0.152. The van der Waals surface area contributed by atoms with Crippen LogP contribution in [0.1, 0.15) is 18.4 Å². The maximum absolute atomic E-state index is 14.6. The lowest BCUT2D eigenvalue weighted by Gasteiger charge is -2.31. The van der Waals surface area contributed by atoms with Crippen molar-refractivity contribution < 1.29 is 27.9 Å². The standard InChI is InChI=1S/C23H19F2N3O4S/c1-2-32-23(31)20-19(15-5-3-4-6-17(15)25)16(11-26)22(28-21(20)30)33-12-18(29)27-14-9-7-13(24)8-10-14/h3-10,19-20H,2,12H2,1H3,(H,27,29)(H,28,30)/t19-,20-/m0/s1. The van der Waals surface area contributed by atoms with E-state index in [9.17, 15) is 28.4 Å². The molecule has 0 radical (unpaired) electrons. The van der Waals surface area contributed by atoms with Gasteiger partial charge in [0.15, 0.2) is 0 Å². The monoisotopic (exact) mass is 471 g/mol. The Morgan fingerprint density at radius 2 is 1.88 bits per heavy atom. The molecule has 2 amide bonds. The molecule has 0 spiro atoms. The van der Waals surface area contributed by atoms with E-state index >= 15 is 0 Å². The minimum atomic E-state index is -1.46. The van der Waals surface area contributed by atoms with Gasteiger partial charge in [-0.3, -0.25) is 14.4 Å². The Bertz CT molecular complexity index is 1150. The number of hydrogen-bond donors (Lipinski definition) is 2. The van der Waals surface area contributed by atoms with E-state index in [4.69, 9.17) is 4.74 Å². The Morgan fingerprint density at radius 3 is 2.52 bits per heavy atom. The van der Waals surface area contributed by atoms with Crippen LogP contribution < -0.4 is 10.6 Å². The molecule has 2 atom stereocenters. The van der Waals surface area contributed by atoms with Crippen molar-refractivity contribution in [3.63, 3.8) is 0 Å². The highest BCUT2D eigenvalue weighted by Crippen LogP contribution is 2.41. The second-order valence-electron chi connectivity index (χ2n) is 6.92. The topological polar surface area (TPSA) is 108 Å². The second-order valence-corrected chi connectivity index (χ2v) is 7.90. The van der Waals surface area contributed by atoms with Gasteiger partial charge in [0.25, 0.3) is 0 Å². The maximum Gasteiger partial charge on any atom is 0.319 e. The predicted molar refractivity (Wildman–Crippen MR) is 118 cm³/mol. The fourth-order valence-electron chi connectivity index (χ4n) is 3.36. The molecule has 1 aliphatic rings. The lowest BCUT2D eigenvalue weighted by Crippen LogP contribution is -2.44. The molecule has 2 aromatic carbocycles. The largest absolute Gasteiger partial charge is 0.465 e. The van der Waals surface area contributed by atoms with Gasteiger partial charge in [-0.2, -0.15) is 5.26 Å². The summed E-state index contributed by atoms with van der Waals surface area (Å²) < 4.78 is 32.6. The number of nitriles is 1. The summed E-state index contributed by atoms with van der Waals surface area (Å²) in [4.78, 5) is 37.6. The summed E-state index contributed by atoms with van der Waals surface area (Å²) in [5.41, 5.74) is 0.309. The summed E-state index contributed by atoms with van der Waals surface area (Å²) in [5, 5.41) is 14.9. The fourth-order valence-corrected chi connectivity index (χ4v) is 4.20. The van der Waals surface area contributed by atoms with Crippen molar-refractivity contribution in [3.05, 3.63) is 76.3 Å². The first kappa shape index (κ1) is 23.9. The van der Waals surface area contributed by atoms with Crippen molar-refractivity contribution in [2.75, 3.05) is 17.7 Å². The van der Waals surface area contributed by atoms with Crippen molar-refractivity contribution in [2.24, 2.45) is 5.92 Å². The molecule has 170 valence electrons. The van der Waals surface area contributed by atoms with Crippen LogP contribution in [0.5, 0.6) is 0 Å². The molecule has 10 heteroatoms. The summed E-state index contributed by atoms with van der Waals surface area (Å²) in [6.45, 7) is 1.57. The van der Waals surface area contributed by atoms with Gasteiger partial charge in [-0.15, -0.1) is 0 Å². The number of anilines is 1. The molecule has 0 bridgehead atoms. The molecule has 33 heavy (non-hydrogen) atoms. The molecular weight excluding hydrogens is 452 g/mol. The van der Waals surface area contributed by atoms with Gasteiger partial charge >= 0.3 is 5.97 Å². The molecule has 1 aliphatic heterocycles. The van der Waals surface area contributed by atoms with E-state index in [1.54, 1.807) is 6.92 Å². The minimum Gasteiger partial charge on any atom is -0.465 e.